The summed E-state index contributed by atoms with van der Waals surface area (Å²) in [4.78, 5) is 3.95. The fourth-order valence-electron chi connectivity index (χ4n) is 2.68. The molecule has 4 nitrogen and oxygen atoms in total. The lowest BCUT2D eigenvalue weighted by atomic mass is 9.81. The van der Waals surface area contributed by atoms with E-state index in [2.05, 4.69) is 16.6 Å². The molecule has 0 bridgehead atoms. The predicted octanol–water partition coefficient (Wildman–Crippen LogP) is 3.60. The van der Waals surface area contributed by atoms with Crippen LogP contribution in [0.3, 0.4) is 0 Å². The second-order valence-electron chi connectivity index (χ2n) is 5.65. The zero-order valence-corrected chi connectivity index (χ0v) is 14.2. The Bertz CT molecular complexity index is 549. The first-order valence-corrected chi connectivity index (χ1v) is 9.69. The minimum atomic E-state index is -3.46. The lowest BCUT2D eigenvalue weighted by molar-refractivity contribution is 0.278. The molecule has 1 aromatic heterocycles. The second kappa shape index (κ2) is 6.73. The molecule has 0 spiro atoms. The first-order chi connectivity index (χ1) is 9.38. The number of hydrogen-bond donors (Lipinski definition) is 1. The van der Waals surface area contributed by atoms with Gasteiger partial charge in [0.25, 0.3) is 10.0 Å². The number of aryl methyl sites for hydroxylation is 1. The molecule has 1 aromatic rings. The third-order valence-electron chi connectivity index (χ3n) is 3.95. The van der Waals surface area contributed by atoms with Gasteiger partial charge in [-0.15, -0.1) is 0 Å². The van der Waals surface area contributed by atoms with E-state index in [0.717, 1.165) is 23.7 Å². The zero-order chi connectivity index (χ0) is 14.8. The van der Waals surface area contributed by atoms with Crippen LogP contribution in [-0.4, -0.2) is 19.9 Å². The van der Waals surface area contributed by atoms with Crippen molar-refractivity contribution in [3.8, 4) is 0 Å². The topological polar surface area (TPSA) is 59.1 Å². The summed E-state index contributed by atoms with van der Waals surface area (Å²) in [5.41, 5.74) is 0.471. The summed E-state index contributed by atoms with van der Waals surface area (Å²) >= 11 is 6.77. The van der Waals surface area contributed by atoms with E-state index in [1.165, 1.54) is 25.7 Å². The number of rotatable bonds is 5. The fourth-order valence-corrected chi connectivity index (χ4v) is 5.51. The standard InChI is InChI=1S/C13H21ClN2O2S2/c1-9-3-5-11(6-4-9)7-8-15-20(17,18)12-10(2)16-13(14)19-12/h9,11,15H,3-8H2,1-2H3. The Balaban J connectivity index is 1.85. The quantitative estimate of drug-likeness (QED) is 0.893. The smallest absolute Gasteiger partial charge is 0.229 e. The van der Waals surface area contributed by atoms with E-state index in [1.807, 2.05) is 0 Å². The molecule has 1 fully saturated rings. The van der Waals surface area contributed by atoms with Crippen molar-refractivity contribution in [1.82, 2.24) is 9.71 Å². The summed E-state index contributed by atoms with van der Waals surface area (Å²) in [6.07, 6.45) is 5.88. The van der Waals surface area contributed by atoms with Crippen LogP contribution in [0.15, 0.2) is 4.21 Å². The highest BCUT2D eigenvalue weighted by Gasteiger charge is 2.22. The zero-order valence-electron chi connectivity index (χ0n) is 11.9. The summed E-state index contributed by atoms with van der Waals surface area (Å²) in [6.45, 7) is 4.45. The molecule has 7 heteroatoms. The number of aromatic nitrogens is 1. The summed E-state index contributed by atoms with van der Waals surface area (Å²) in [6, 6.07) is 0. The highest BCUT2D eigenvalue weighted by molar-refractivity contribution is 7.91. The van der Waals surface area contributed by atoms with Crippen LogP contribution in [0.2, 0.25) is 4.47 Å². The van der Waals surface area contributed by atoms with Crippen molar-refractivity contribution < 1.29 is 8.42 Å². The average molecular weight is 337 g/mol. The maximum Gasteiger partial charge on any atom is 0.251 e. The van der Waals surface area contributed by atoms with E-state index < -0.39 is 10.0 Å². The van der Waals surface area contributed by atoms with E-state index in [-0.39, 0.29) is 8.68 Å². The maximum absolute atomic E-state index is 12.2. The molecule has 1 N–H and O–H groups in total. The fraction of sp³-hybridized carbons (Fsp3) is 0.769. The Morgan fingerprint density at radius 3 is 2.55 bits per heavy atom. The summed E-state index contributed by atoms with van der Waals surface area (Å²) in [7, 11) is -3.46. The van der Waals surface area contributed by atoms with Gasteiger partial charge in [-0.1, -0.05) is 55.5 Å². The van der Waals surface area contributed by atoms with Gasteiger partial charge in [0.2, 0.25) is 0 Å². The van der Waals surface area contributed by atoms with Crippen LogP contribution < -0.4 is 4.72 Å². The summed E-state index contributed by atoms with van der Waals surface area (Å²) in [5, 5.41) is 0. The molecule has 20 heavy (non-hydrogen) atoms. The molecule has 1 aliphatic rings. The number of hydrogen-bond acceptors (Lipinski definition) is 4. The highest BCUT2D eigenvalue weighted by atomic mass is 35.5. The van der Waals surface area contributed by atoms with Crippen LogP contribution in [-0.2, 0) is 10.0 Å². The first-order valence-electron chi connectivity index (χ1n) is 7.01. The van der Waals surface area contributed by atoms with Gasteiger partial charge >= 0.3 is 0 Å². The molecule has 1 aliphatic carbocycles. The van der Waals surface area contributed by atoms with Crippen LogP contribution in [0.1, 0.15) is 44.7 Å². The Hall–Kier alpha value is -0.170. The molecule has 0 unspecified atom stereocenters. The summed E-state index contributed by atoms with van der Waals surface area (Å²) < 4.78 is 27.5. The summed E-state index contributed by atoms with van der Waals surface area (Å²) in [5.74, 6) is 1.48. The predicted molar refractivity (Wildman–Crippen MR) is 82.8 cm³/mol. The van der Waals surface area contributed by atoms with E-state index in [0.29, 0.717) is 18.2 Å². The van der Waals surface area contributed by atoms with Crippen molar-refractivity contribution in [3.05, 3.63) is 10.2 Å². The SMILES string of the molecule is Cc1nc(Cl)sc1S(=O)(=O)NCCC1CCC(C)CC1. The largest absolute Gasteiger partial charge is 0.251 e. The number of sulfonamides is 1. The molecule has 0 atom stereocenters. The van der Waals surface area contributed by atoms with E-state index in [9.17, 15) is 8.42 Å². The average Bonchev–Trinajstić information content (AvgIpc) is 2.72. The Labute approximate surface area is 130 Å². The van der Waals surface area contributed by atoms with Crippen LogP contribution in [0.5, 0.6) is 0 Å². The minimum Gasteiger partial charge on any atom is -0.229 e. The lowest BCUT2D eigenvalue weighted by Crippen LogP contribution is -2.27. The first kappa shape index (κ1) is 16.2. The number of nitrogens with zero attached hydrogens (tertiary/aromatic N) is 1. The number of halogens is 1. The van der Waals surface area contributed by atoms with Gasteiger partial charge in [0.1, 0.15) is 0 Å². The third-order valence-corrected chi connectivity index (χ3v) is 7.28. The molecule has 1 heterocycles. The Morgan fingerprint density at radius 1 is 1.35 bits per heavy atom. The monoisotopic (exact) mass is 336 g/mol. The molecular formula is C13H21ClN2O2S2. The minimum absolute atomic E-state index is 0.236. The number of nitrogens with one attached hydrogen (secondary N) is 1. The van der Waals surface area contributed by atoms with Crippen molar-refractivity contribution in [2.75, 3.05) is 6.54 Å². The van der Waals surface area contributed by atoms with Crippen molar-refractivity contribution >= 4 is 33.0 Å². The van der Waals surface area contributed by atoms with Gasteiger partial charge in [0.05, 0.1) is 5.69 Å². The van der Waals surface area contributed by atoms with Gasteiger partial charge in [0, 0.05) is 6.54 Å². The molecular weight excluding hydrogens is 316 g/mol. The Kier molecular flexibility index (Phi) is 5.45. The highest BCUT2D eigenvalue weighted by Crippen LogP contribution is 2.30. The molecule has 0 radical (unpaired) electrons. The van der Waals surface area contributed by atoms with Crippen molar-refractivity contribution in [3.63, 3.8) is 0 Å². The van der Waals surface area contributed by atoms with Crippen molar-refractivity contribution in [1.29, 1.82) is 0 Å². The molecule has 0 aromatic carbocycles. The van der Waals surface area contributed by atoms with Crippen LogP contribution in [0.4, 0.5) is 0 Å². The van der Waals surface area contributed by atoms with Crippen LogP contribution >= 0.6 is 22.9 Å². The number of thiazole rings is 1. The van der Waals surface area contributed by atoms with E-state index in [4.69, 9.17) is 11.6 Å². The normalized spacial score (nSPS) is 23.9. The van der Waals surface area contributed by atoms with Gasteiger partial charge < -0.3 is 0 Å². The second-order valence-corrected chi connectivity index (χ2v) is 9.20. The third kappa shape index (κ3) is 4.16. The molecule has 0 saturated heterocycles. The molecule has 2 rings (SSSR count). The van der Waals surface area contributed by atoms with Gasteiger partial charge in [0.15, 0.2) is 8.68 Å². The lowest BCUT2D eigenvalue weighted by Gasteiger charge is -2.26. The van der Waals surface area contributed by atoms with Crippen molar-refractivity contribution in [2.24, 2.45) is 11.8 Å². The van der Waals surface area contributed by atoms with Gasteiger partial charge in [-0.3, -0.25) is 0 Å². The van der Waals surface area contributed by atoms with Crippen LogP contribution in [0.25, 0.3) is 0 Å². The maximum atomic E-state index is 12.2. The molecule has 0 aliphatic heterocycles. The van der Waals surface area contributed by atoms with Gasteiger partial charge in [-0.25, -0.2) is 18.1 Å². The van der Waals surface area contributed by atoms with E-state index in [1.54, 1.807) is 6.92 Å². The van der Waals surface area contributed by atoms with Crippen LogP contribution in [0, 0.1) is 18.8 Å². The molecule has 1 saturated carbocycles. The van der Waals surface area contributed by atoms with Gasteiger partial charge in [-0.2, -0.15) is 0 Å². The Morgan fingerprint density at radius 2 is 2.00 bits per heavy atom. The van der Waals surface area contributed by atoms with Crippen molar-refractivity contribution in [2.45, 2.75) is 50.2 Å². The molecule has 114 valence electrons. The molecule has 0 amide bonds. The van der Waals surface area contributed by atoms with E-state index >= 15 is 0 Å². The van der Waals surface area contributed by atoms with Gasteiger partial charge in [-0.05, 0) is 25.2 Å².